The Bertz CT molecular complexity index is 591. The molecule has 1 N–H and O–H groups in total. The van der Waals surface area contributed by atoms with Crippen LogP contribution in [0.5, 0.6) is 0 Å². The van der Waals surface area contributed by atoms with Gasteiger partial charge in [-0.25, -0.2) is 0 Å². The minimum Gasteiger partial charge on any atom is -0.377 e. The maximum absolute atomic E-state index is 5.43. The van der Waals surface area contributed by atoms with Crippen molar-refractivity contribution >= 4 is 0 Å². The van der Waals surface area contributed by atoms with E-state index >= 15 is 0 Å². The highest BCUT2D eigenvalue weighted by molar-refractivity contribution is 5.29. The average Bonchev–Trinajstić information content (AvgIpc) is 2.61. The van der Waals surface area contributed by atoms with Crippen molar-refractivity contribution in [2.24, 2.45) is 0 Å². The number of piperazine rings is 1. The summed E-state index contributed by atoms with van der Waals surface area (Å²) in [6.45, 7) is 13.2. The molecule has 1 aromatic carbocycles. The smallest absolute Gasteiger partial charge is 0.0927 e. The molecule has 0 aliphatic carbocycles. The topological polar surface area (TPSA) is 27.7 Å². The molecule has 0 bridgehead atoms. The van der Waals surface area contributed by atoms with Crippen LogP contribution < -0.4 is 5.32 Å². The molecule has 4 heteroatoms. The molecule has 24 heavy (non-hydrogen) atoms. The first-order valence-electron chi connectivity index (χ1n) is 9.01. The van der Waals surface area contributed by atoms with Gasteiger partial charge < -0.3 is 4.74 Å². The van der Waals surface area contributed by atoms with Crippen LogP contribution in [0.2, 0.25) is 0 Å². The fraction of sp³-hybridized carbons (Fsp3) is 0.600. The summed E-state index contributed by atoms with van der Waals surface area (Å²) >= 11 is 0. The Morgan fingerprint density at radius 2 is 1.92 bits per heavy atom. The van der Waals surface area contributed by atoms with Gasteiger partial charge in [-0.3, -0.25) is 15.1 Å². The van der Waals surface area contributed by atoms with Gasteiger partial charge in [-0.2, -0.15) is 0 Å². The summed E-state index contributed by atoms with van der Waals surface area (Å²) in [5.74, 6) is 6.61. The highest BCUT2D eigenvalue weighted by Crippen LogP contribution is 2.13. The van der Waals surface area contributed by atoms with Crippen molar-refractivity contribution in [2.45, 2.75) is 26.4 Å². The number of morpholine rings is 1. The summed E-state index contributed by atoms with van der Waals surface area (Å²) in [5.41, 5.74) is 4.19. The number of rotatable bonds is 3. The predicted octanol–water partition coefficient (Wildman–Crippen LogP) is 1.41. The molecule has 0 amide bonds. The van der Waals surface area contributed by atoms with Gasteiger partial charge >= 0.3 is 0 Å². The van der Waals surface area contributed by atoms with Crippen molar-refractivity contribution in [1.82, 2.24) is 15.1 Å². The molecule has 0 aromatic heterocycles. The van der Waals surface area contributed by atoms with Gasteiger partial charge in [0, 0.05) is 39.3 Å². The summed E-state index contributed by atoms with van der Waals surface area (Å²) in [4.78, 5) is 5.00. The normalized spacial score (nSPS) is 22.8. The van der Waals surface area contributed by atoms with Gasteiger partial charge in [0.05, 0.1) is 25.8 Å². The lowest BCUT2D eigenvalue weighted by Crippen LogP contribution is -2.46. The molecule has 4 nitrogen and oxygen atoms in total. The van der Waals surface area contributed by atoms with Crippen LogP contribution in [0, 0.1) is 25.7 Å². The van der Waals surface area contributed by atoms with Crippen molar-refractivity contribution in [3.8, 4) is 11.8 Å². The van der Waals surface area contributed by atoms with Crippen LogP contribution in [0.1, 0.15) is 16.7 Å². The Balaban J connectivity index is 1.40. The third-order valence-electron chi connectivity index (χ3n) is 4.94. The van der Waals surface area contributed by atoms with E-state index in [1.54, 1.807) is 0 Å². The largest absolute Gasteiger partial charge is 0.377 e. The van der Waals surface area contributed by atoms with Crippen molar-refractivity contribution in [2.75, 3.05) is 52.5 Å². The Hall–Kier alpha value is -1.38. The van der Waals surface area contributed by atoms with Crippen LogP contribution >= 0.6 is 0 Å². The highest BCUT2D eigenvalue weighted by atomic mass is 16.5. The molecule has 1 aromatic rings. The molecule has 2 saturated heterocycles. The minimum absolute atomic E-state index is 0.213. The number of aryl methyl sites for hydroxylation is 2. The van der Waals surface area contributed by atoms with Crippen LogP contribution in [-0.2, 0) is 11.3 Å². The second-order valence-electron chi connectivity index (χ2n) is 6.87. The Morgan fingerprint density at radius 1 is 1.12 bits per heavy atom. The molecule has 2 aliphatic rings. The van der Waals surface area contributed by atoms with Gasteiger partial charge in [0.15, 0.2) is 0 Å². The second-order valence-corrected chi connectivity index (χ2v) is 6.87. The molecule has 0 unspecified atom stereocenters. The third-order valence-corrected chi connectivity index (χ3v) is 4.94. The Morgan fingerprint density at radius 3 is 2.62 bits per heavy atom. The second kappa shape index (κ2) is 8.64. The summed E-state index contributed by atoms with van der Waals surface area (Å²) in [6, 6.07) is 7.04. The zero-order chi connectivity index (χ0) is 16.8. The van der Waals surface area contributed by atoms with E-state index in [1.165, 1.54) is 16.7 Å². The predicted molar refractivity (Wildman–Crippen MR) is 98.0 cm³/mol. The quantitative estimate of drug-likeness (QED) is 0.850. The van der Waals surface area contributed by atoms with Crippen LogP contribution in [0.15, 0.2) is 18.2 Å². The fourth-order valence-corrected chi connectivity index (χ4v) is 3.20. The Labute approximate surface area is 146 Å². The van der Waals surface area contributed by atoms with Gasteiger partial charge in [-0.05, 0) is 30.5 Å². The lowest BCUT2D eigenvalue weighted by molar-refractivity contribution is 0.0924. The van der Waals surface area contributed by atoms with Crippen molar-refractivity contribution in [1.29, 1.82) is 0 Å². The zero-order valence-electron chi connectivity index (χ0n) is 15.0. The molecule has 0 saturated carbocycles. The van der Waals surface area contributed by atoms with Crippen LogP contribution in [-0.4, -0.2) is 68.3 Å². The van der Waals surface area contributed by atoms with Gasteiger partial charge in [-0.1, -0.05) is 30.0 Å². The first kappa shape index (κ1) is 17.4. The summed E-state index contributed by atoms with van der Waals surface area (Å²) in [7, 11) is 0. The van der Waals surface area contributed by atoms with E-state index in [-0.39, 0.29) is 6.04 Å². The SMILES string of the molecule is Cc1ccc(CN2CCN(CC#C[C@@H]3COCCN3)CC2)cc1C. The lowest BCUT2D eigenvalue weighted by Gasteiger charge is -2.33. The van der Waals surface area contributed by atoms with Crippen molar-refractivity contribution in [3.05, 3.63) is 34.9 Å². The number of benzene rings is 1. The van der Waals surface area contributed by atoms with E-state index in [9.17, 15) is 0 Å². The molecular weight excluding hydrogens is 298 g/mol. The lowest BCUT2D eigenvalue weighted by atomic mass is 10.1. The van der Waals surface area contributed by atoms with E-state index in [1.807, 2.05) is 0 Å². The number of ether oxygens (including phenoxy) is 1. The first-order chi connectivity index (χ1) is 11.7. The van der Waals surface area contributed by atoms with Gasteiger partial charge in [-0.15, -0.1) is 0 Å². The van der Waals surface area contributed by atoms with Crippen LogP contribution in [0.25, 0.3) is 0 Å². The molecule has 0 radical (unpaired) electrons. The molecule has 130 valence electrons. The van der Waals surface area contributed by atoms with E-state index < -0.39 is 0 Å². The standard InChI is InChI=1S/C20H29N3O/c1-17-5-6-19(14-18(17)2)15-23-11-9-22(10-12-23)8-3-4-20-16-24-13-7-21-20/h5-6,14,20-21H,7-13,15-16H2,1-2H3/t20-/m1/s1. The van der Waals surface area contributed by atoms with E-state index in [2.05, 4.69) is 59.0 Å². The number of nitrogens with one attached hydrogen (secondary N) is 1. The number of hydrogen-bond donors (Lipinski definition) is 1. The van der Waals surface area contributed by atoms with Gasteiger partial charge in [0.25, 0.3) is 0 Å². The van der Waals surface area contributed by atoms with Gasteiger partial charge in [0.2, 0.25) is 0 Å². The zero-order valence-corrected chi connectivity index (χ0v) is 15.0. The highest BCUT2D eigenvalue weighted by Gasteiger charge is 2.16. The van der Waals surface area contributed by atoms with Crippen LogP contribution in [0.4, 0.5) is 0 Å². The Kier molecular flexibility index (Phi) is 6.28. The fourth-order valence-electron chi connectivity index (χ4n) is 3.20. The number of hydrogen-bond acceptors (Lipinski definition) is 4. The summed E-state index contributed by atoms with van der Waals surface area (Å²) in [5, 5.41) is 3.37. The average molecular weight is 327 g/mol. The molecule has 3 rings (SSSR count). The van der Waals surface area contributed by atoms with Crippen LogP contribution in [0.3, 0.4) is 0 Å². The maximum Gasteiger partial charge on any atom is 0.0927 e. The molecule has 2 fully saturated rings. The van der Waals surface area contributed by atoms with E-state index in [0.29, 0.717) is 0 Å². The first-order valence-corrected chi connectivity index (χ1v) is 9.01. The van der Waals surface area contributed by atoms with E-state index in [4.69, 9.17) is 4.74 Å². The summed E-state index contributed by atoms with van der Waals surface area (Å²) in [6.07, 6.45) is 0. The van der Waals surface area contributed by atoms with Crippen molar-refractivity contribution < 1.29 is 4.74 Å². The molecule has 2 heterocycles. The molecule has 1 atom stereocenters. The molecular formula is C20H29N3O. The third kappa shape index (κ3) is 5.06. The van der Waals surface area contributed by atoms with Gasteiger partial charge in [0.1, 0.15) is 0 Å². The summed E-state index contributed by atoms with van der Waals surface area (Å²) < 4.78 is 5.43. The minimum atomic E-state index is 0.213. The molecule has 2 aliphatic heterocycles. The van der Waals surface area contributed by atoms with E-state index in [0.717, 1.165) is 59.0 Å². The monoisotopic (exact) mass is 327 g/mol. The van der Waals surface area contributed by atoms with Crippen molar-refractivity contribution in [3.63, 3.8) is 0 Å². The molecule has 0 spiro atoms. The number of nitrogens with zero attached hydrogens (tertiary/aromatic N) is 2. The maximum atomic E-state index is 5.43.